The molecule has 0 aromatic heterocycles. The molecule has 5 nitrogen and oxygen atoms in total. The van der Waals surface area contributed by atoms with Crippen LogP contribution in [0.5, 0.6) is 0 Å². The number of anilines is 1. The first kappa shape index (κ1) is 17.9. The average Bonchev–Trinajstić information content (AvgIpc) is 2.62. The maximum atomic E-state index is 12.7. The summed E-state index contributed by atoms with van der Waals surface area (Å²) in [5, 5.41) is 8.85. The predicted molar refractivity (Wildman–Crippen MR) is 98.2 cm³/mol. The summed E-state index contributed by atoms with van der Waals surface area (Å²) < 4.78 is 0. The second-order valence-electron chi connectivity index (χ2n) is 7.52. The van der Waals surface area contributed by atoms with E-state index in [0.29, 0.717) is 13.1 Å². The second-order valence-corrected chi connectivity index (χ2v) is 7.52. The van der Waals surface area contributed by atoms with Gasteiger partial charge in [0.1, 0.15) is 0 Å². The van der Waals surface area contributed by atoms with Crippen LogP contribution in [-0.2, 0) is 4.79 Å². The molecular weight excluding hydrogens is 316 g/mol. The maximum absolute atomic E-state index is 12.7. The van der Waals surface area contributed by atoms with E-state index in [9.17, 15) is 9.59 Å². The largest absolute Gasteiger partial charge is 0.480 e. The van der Waals surface area contributed by atoms with E-state index in [1.807, 2.05) is 17.0 Å². The Morgan fingerprint density at radius 3 is 2.16 bits per heavy atom. The first-order chi connectivity index (χ1) is 12.0. The number of carbonyl (C=O) groups is 2. The van der Waals surface area contributed by atoms with Crippen LogP contribution in [0.4, 0.5) is 5.69 Å². The number of benzene rings is 1. The highest BCUT2D eigenvalue weighted by molar-refractivity contribution is 5.98. The van der Waals surface area contributed by atoms with Crippen LogP contribution in [-0.4, -0.2) is 54.5 Å². The fourth-order valence-corrected chi connectivity index (χ4v) is 3.88. The molecule has 0 saturated carbocycles. The van der Waals surface area contributed by atoms with E-state index in [1.54, 1.807) is 0 Å². The van der Waals surface area contributed by atoms with Gasteiger partial charge in [0.25, 0.3) is 0 Å². The average molecular weight is 344 g/mol. The summed E-state index contributed by atoms with van der Waals surface area (Å²) in [7, 11) is 0. The van der Waals surface area contributed by atoms with Gasteiger partial charge in [-0.1, -0.05) is 6.92 Å². The Morgan fingerprint density at radius 1 is 1.00 bits per heavy atom. The molecule has 2 saturated heterocycles. The molecule has 25 heavy (non-hydrogen) atoms. The molecule has 2 fully saturated rings. The molecule has 1 aromatic carbocycles. The molecule has 0 spiro atoms. The smallest absolute Gasteiger partial charge is 0.317 e. The molecule has 0 unspecified atom stereocenters. The molecule has 3 rings (SSSR count). The summed E-state index contributed by atoms with van der Waals surface area (Å²) in [4.78, 5) is 27.8. The zero-order chi connectivity index (χ0) is 17.8. The summed E-state index contributed by atoms with van der Waals surface area (Å²) in [5.74, 6) is 0.233. The highest BCUT2D eigenvalue weighted by atomic mass is 16.4. The third kappa shape index (κ3) is 4.60. The molecular formula is C20H28N2O3. The number of ketones is 1. The van der Waals surface area contributed by atoms with E-state index >= 15 is 0 Å². The summed E-state index contributed by atoms with van der Waals surface area (Å²) in [6.45, 7) is 5.94. The third-order valence-electron chi connectivity index (χ3n) is 5.62. The SMILES string of the molecule is CC1CCN(c2ccc(C(=O)C3CCN(CC(=O)O)CC3)cc2)CC1. The van der Waals surface area contributed by atoms with E-state index in [4.69, 9.17) is 5.11 Å². The number of aliphatic carboxylic acids is 1. The monoisotopic (exact) mass is 344 g/mol. The van der Waals surface area contributed by atoms with Crippen molar-refractivity contribution in [1.29, 1.82) is 0 Å². The Balaban J connectivity index is 1.55. The van der Waals surface area contributed by atoms with Crippen LogP contribution in [0.3, 0.4) is 0 Å². The first-order valence-corrected chi connectivity index (χ1v) is 9.36. The lowest BCUT2D eigenvalue weighted by molar-refractivity contribution is -0.138. The van der Waals surface area contributed by atoms with Crippen molar-refractivity contribution >= 4 is 17.4 Å². The van der Waals surface area contributed by atoms with Crippen molar-refractivity contribution in [3.8, 4) is 0 Å². The second kappa shape index (κ2) is 8.00. The molecule has 2 aliphatic rings. The number of likely N-dealkylation sites (tertiary alicyclic amines) is 1. The molecule has 1 N–H and O–H groups in total. The van der Waals surface area contributed by atoms with Gasteiger partial charge in [-0.05, 0) is 69.0 Å². The quantitative estimate of drug-likeness (QED) is 0.832. The lowest BCUT2D eigenvalue weighted by Gasteiger charge is -2.32. The minimum atomic E-state index is -0.799. The van der Waals surface area contributed by atoms with E-state index in [-0.39, 0.29) is 18.2 Å². The van der Waals surface area contributed by atoms with Crippen LogP contribution in [0, 0.1) is 11.8 Å². The number of carboxylic acids is 1. The van der Waals surface area contributed by atoms with Crippen molar-refractivity contribution < 1.29 is 14.7 Å². The van der Waals surface area contributed by atoms with Crippen molar-refractivity contribution in [1.82, 2.24) is 4.90 Å². The molecule has 0 radical (unpaired) electrons. The van der Waals surface area contributed by atoms with Crippen LogP contribution < -0.4 is 4.90 Å². The van der Waals surface area contributed by atoms with Gasteiger partial charge in [0.05, 0.1) is 6.54 Å². The molecule has 0 bridgehead atoms. The number of rotatable bonds is 5. The highest BCUT2D eigenvalue weighted by Crippen LogP contribution is 2.26. The van der Waals surface area contributed by atoms with Crippen molar-refractivity contribution in [3.63, 3.8) is 0 Å². The number of hydrogen-bond donors (Lipinski definition) is 1. The molecule has 1 aromatic rings. The summed E-state index contributed by atoms with van der Waals surface area (Å²) >= 11 is 0. The van der Waals surface area contributed by atoms with Crippen molar-refractivity contribution in [2.75, 3.05) is 37.6 Å². The standard InChI is InChI=1S/C20H28N2O3/c1-15-6-12-22(13-7-15)18-4-2-16(3-5-18)20(25)17-8-10-21(11-9-17)14-19(23)24/h2-5,15,17H,6-14H2,1H3,(H,23,24). The Bertz CT molecular complexity index is 598. The van der Waals surface area contributed by atoms with Gasteiger partial charge in [0.2, 0.25) is 0 Å². The number of piperidine rings is 2. The fraction of sp³-hybridized carbons (Fsp3) is 0.600. The normalized spacial score (nSPS) is 20.6. The molecule has 0 aliphatic carbocycles. The molecule has 2 heterocycles. The fourth-order valence-electron chi connectivity index (χ4n) is 3.88. The maximum Gasteiger partial charge on any atom is 0.317 e. The van der Waals surface area contributed by atoms with E-state index in [0.717, 1.165) is 37.4 Å². The van der Waals surface area contributed by atoms with Crippen molar-refractivity contribution in [2.45, 2.75) is 32.6 Å². The third-order valence-corrected chi connectivity index (χ3v) is 5.62. The van der Waals surface area contributed by atoms with Crippen LogP contribution in [0.2, 0.25) is 0 Å². The topological polar surface area (TPSA) is 60.9 Å². The van der Waals surface area contributed by atoms with E-state index in [2.05, 4.69) is 24.0 Å². The van der Waals surface area contributed by atoms with Gasteiger partial charge in [-0.3, -0.25) is 14.5 Å². The molecule has 0 amide bonds. The predicted octanol–water partition coefficient (Wildman–Crippen LogP) is 2.90. The van der Waals surface area contributed by atoms with Gasteiger partial charge in [-0.2, -0.15) is 0 Å². The minimum absolute atomic E-state index is 0.0201. The van der Waals surface area contributed by atoms with Gasteiger partial charge in [0, 0.05) is 30.3 Å². The minimum Gasteiger partial charge on any atom is -0.480 e. The zero-order valence-corrected chi connectivity index (χ0v) is 15.0. The zero-order valence-electron chi connectivity index (χ0n) is 15.0. The van der Waals surface area contributed by atoms with Crippen LogP contribution in [0.25, 0.3) is 0 Å². The highest BCUT2D eigenvalue weighted by Gasteiger charge is 2.26. The molecule has 136 valence electrons. The Labute approximate surface area is 149 Å². The lowest BCUT2D eigenvalue weighted by atomic mass is 9.88. The number of carboxylic acid groups (broad SMARTS) is 1. The van der Waals surface area contributed by atoms with E-state index < -0.39 is 5.97 Å². The summed E-state index contributed by atoms with van der Waals surface area (Å²) in [6.07, 6.45) is 3.96. The summed E-state index contributed by atoms with van der Waals surface area (Å²) in [6, 6.07) is 8.06. The Morgan fingerprint density at radius 2 is 1.60 bits per heavy atom. The number of carbonyl (C=O) groups excluding carboxylic acids is 1. The number of Topliss-reactive ketones (excluding diaryl/α,β-unsaturated/α-hetero) is 1. The Kier molecular flexibility index (Phi) is 5.74. The first-order valence-electron chi connectivity index (χ1n) is 9.36. The van der Waals surface area contributed by atoms with Crippen LogP contribution in [0.15, 0.2) is 24.3 Å². The Hall–Kier alpha value is -1.88. The van der Waals surface area contributed by atoms with Crippen molar-refractivity contribution in [2.24, 2.45) is 11.8 Å². The molecule has 5 heteroatoms. The van der Waals surface area contributed by atoms with Crippen LogP contribution >= 0.6 is 0 Å². The number of hydrogen-bond acceptors (Lipinski definition) is 4. The number of nitrogens with zero attached hydrogens (tertiary/aromatic N) is 2. The van der Waals surface area contributed by atoms with Gasteiger partial charge >= 0.3 is 5.97 Å². The van der Waals surface area contributed by atoms with E-state index in [1.165, 1.54) is 18.5 Å². The van der Waals surface area contributed by atoms with Gasteiger partial charge in [-0.15, -0.1) is 0 Å². The van der Waals surface area contributed by atoms with Gasteiger partial charge < -0.3 is 10.0 Å². The van der Waals surface area contributed by atoms with Crippen LogP contribution in [0.1, 0.15) is 43.0 Å². The molecule has 2 aliphatic heterocycles. The van der Waals surface area contributed by atoms with Crippen molar-refractivity contribution in [3.05, 3.63) is 29.8 Å². The van der Waals surface area contributed by atoms with Gasteiger partial charge in [0.15, 0.2) is 5.78 Å². The van der Waals surface area contributed by atoms with Gasteiger partial charge in [-0.25, -0.2) is 0 Å². The lowest BCUT2D eigenvalue weighted by Crippen LogP contribution is -2.39. The summed E-state index contributed by atoms with van der Waals surface area (Å²) in [5.41, 5.74) is 1.99. The molecule has 0 atom stereocenters.